The molecule has 0 aliphatic heterocycles. The van der Waals surface area contributed by atoms with E-state index in [0.29, 0.717) is 0 Å². The first kappa shape index (κ1) is 12.7. The van der Waals surface area contributed by atoms with Crippen LogP contribution in [-0.4, -0.2) is 0 Å². The molecule has 0 aromatic heterocycles. The molecule has 0 aliphatic carbocycles. The Morgan fingerprint density at radius 1 is 0.900 bits per heavy atom. The monoisotopic (exact) mass is 144 g/mol. The highest BCUT2D eigenvalue weighted by Crippen LogP contribution is 2.18. The molecular weight excluding hydrogens is 120 g/mol. The SMILES string of the molecule is C.CC(C)C[C@@H](C)C(C)C. The maximum absolute atomic E-state index is 2.34. The van der Waals surface area contributed by atoms with Gasteiger partial charge in [-0.05, 0) is 24.2 Å². The molecule has 0 heterocycles. The fraction of sp³-hybridized carbons (Fsp3) is 1.00. The van der Waals surface area contributed by atoms with Crippen LogP contribution in [0.2, 0.25) is 0 Å². The molecule has 0 unspecified atom stereocenters. The van der Waals surface area contributed by atoms with E-state index in [2.05, 4.69) is 34.6 Å². The molecule has 0 heteroatoms. The number of hydrogen-bond donors (Lipinski definition) is 0. The van der Waals surface area contributed by atoms with Crippen LogP contribution in [-0.2, 0) is 0 Å². The highest BCUT2D eigenvalue weighted by atomic mass is 14.1. The lowest BCUT2D eigenvalue weighted by Crippen LogP contribution is -2.06. The molecule has 0 radical (unpaired) electrons. The maximum Gasteiger partial charge on any atom is -0.0417 e. The Kier molecular flexibility index (Phi) is 7.29. The molecule has 0 N–H and O–H groups in total. The molecule has 0 fully saturated rings. The minimum Gasteiger partial charge on any atom is -0.0776 e. The topological polar surface area (TPSA) is 0 Å². The van der Waals surface area contributed by atoms with Crippen LogP contribution in [0.1, 0.15) is 48.5 Å². The predicted molar refractivity (Wildman–Crippen MR) is 50.2 cm³/mol. The Morgan fingerprint density at radius 2 is 1.30 bits per heavy atom. The highest BCUT2D eigenvalue weighted by molar-refractivity contribution is 4.58. The van der Waals surface area contributed by atoms with Gasteiger partial charge in [-0.25, -0.2) is 0 Å². The third kappa shape index (κ3) is 6.12. The molecule has 0 aliphatic rings. The van der Waals surface area contributed by atoms with Crippen molar-refractivity contribution in [2.45, 2.75) is 48.5 Å². The van der Waals surface area contributed by atoms with Crippen LogP contribution in [0.4, 0.5) is 0 Å². The van der Waals surface area contributed by atoms with Gasteiger partial charge in [-0.15, -0.1) is 0 Å². The molecule has 1 atom stereocenters. The van der Waals surface area contributed by atoms with Crippen molar-refractivity contribution < 1.29 is 0 Å². The summed E-state index contributed by atoms with van der Waals surface area (Å²) in [7, 11) is 0. The first-order chi connectivity index (χ1) is 4.04. The standard InChI is InChI=1S/C9H20.CH4/c1-7(2)6-9(5)8(3)4;/h7-9H,6H2,1-5H3;1H4/t9-;/m1./s1. The molecule has 0 saturated heterocycles. The lowest BCUT2D eigenvalue weighted by molar-refractivity contribution is 0.344. The third-order valence-electron chi connectivity index (χ3n) is 1.98. The van der Waals surface area contributed by atoms with Gasteiger partial charge in [0.25, 0.3) is 0 Å². The summed E-state index contributed by atoms with van der Waals surface area (Å²) in [6, 6.07) is 0. The van der Waals surface area contributed by atoms with Crippen molar-refractivity contribution in [3.63, 3.8) is 0 Å². The zero-order chi connectivity index (χ0) is 7.44. The van der Waals surface area contributed by atoms with Gasteiger partial charge in [0.1, 0.15) is 0 Å². The molecule has 0 nitrogen and oxygen atoms in total. The largest absolute Gasteiger partial charge is 0.0776 e. The minimum atomic E-state index is 0. The average molecular weight is 144 g/mol. The fourth-order valence-corrected chi connectivity index (χ4v) is 1.02. The maximum atomic E-state index is 2.34. The van der Waals surface area contributed by atoms with Gasteiger partial charge in [0, 0.05) is 0 Å². The van der Waals surface area contributed by atoms with Crippen molar-refractivity contribution in [2.75, 3.05) is 0 Å². The van der Waals surface area contributed by atoms with Gasteiger partial charge in [-0.1, -0.05) is 42.0 Å². The second-order valence-electron chi connectivity index (χ2n) is 3.85. The van der Waals surface area contributed by atoms with Crippen molar-refractivity contribution in [2.24, 2.45) is 17.8 Å². The molecule has 0 spiro atoms. The fourth-order valence-electron chi connectivity index (χ4n) is 1.02. The molecule has 0 bridgehead atoms. The van der Waals surface area contributed by atoms with Gasteiger partial charge in [0.15, 0.2) is 0 Å². The van der Waals surface area contributed by atoms with Crippen LogP contribution in [0.15, 0.2) is 0 Å². The molecule has 0 aromatic rings. The Bertz CT molecular complexity index is 62.4. The number of hydrogen-bond acceptors (Lipinski definition) is 0. The Labute approximate surface area is 67.0 Å². The summed E-state index contributed by atoms with van der Waals surface area (Å²) in [4.78, 5) is 0. The van der Waals surface area contributed by atoms with E-state index in [-0.39, 0.29) is 7.43 Å². The van der Waals surface area contributed by atoms with Crippen LogP contribution in [0.5, 0.6) is 0 Å². The van der Waals surface area contributed by atoms with Gasteiger partial charge in [0.2, 0.25) is 0 Å². The molecule has 64 valence electrons. The quantitative estimate of drug-likeness (QED) is 0.562. The van der Waals surface area contributed by atoms with Crippen LogP contribution in [0, 0.1) is 17.8 Å². The van der Waals surface area contributed by atoms with Gasteiger partial charge in [-0.3, -0.25) is 0 Å². The Balaban J connectivity index is 0. The van der Waals surface area contributed by atoms with Crippen molar-refractivity contribution in [1.82, 2.24) is 0 Å². The van der Waals surface area contributed by atoms with E-state index in [9.17, 15) is 0 Å². The summed E-state index contributed by atoms with van der Waals surface area (Å²) in [5.41, 5.74) is 0. The summed E-state index contributed by atoms with van der Waals surface area (Å²) in [5.74, 6) is 2.61. The van der Waals surface area contributed by atoms with Crippen LogP contribution >= 0.6 is 0 Å². The molecular formula is C10H24. The lowest BCUT2D eigenvalue weighted by atomic mass is 9.90. The molecule has 0 saturated carbocycles. The van der Waals surface area contributed by atoms with Crippen molar-refractivity contribution in [3.8, 4) is 0 Å². The Hall–Kier alpha value is 0. The Morgan fingerprint density at radius 3 is 1.40 bits per heavy atom. The van der Waals surface area contributed by atoms with Gasteiger partial charge < -0.3 is 0 Å². The highest BCUT2D eigenvalue weighted by Gasteiger charge is 2.07. The molecule has 0 amide bonds. The molecule has 0 aromatic carbocycles. The second-order valence-corrected chi connectivity index (χ2v) is 3.85. The normalized spacial score (nSPS) is 13.5. The predicted octanol–water partition coefficient (Wildman–Crippen LogP) is 3.96. The number of rotatable bonds is 3. The average Bonchev–Trinajstić information content (AvgIpc) is 1.63. The van der Waals surface area contributed by atoms with E-state index in [1.807, 2.05) is 0 Å². The summed E-state index contributed by atoms with van der Waals surface area (Å²) in [6.45, 7) is 11.5. The van der Waals surface area contributed by atoms with Gasteiger partial charge >= 0.3 is 0 Å². The van der Waals surface area contributed by atoms with Crippen molar-refractivity contribution >= 4 is 0 Å². The summed E-state index contributed by atoms with van der Waals surface area (Å²) < 4.78 is 0. The second kappa shape index (κ2) is 5.76. The van der Waals surface area contributed by atoms with Crippen molar-refractivity contribution in [3.05, 3.63) is 0 Å². The lowest BCUT2D eigenvalue weighted by Gasteiger charge is -2.16. The van der Waals surface area contributed by atoms with E-state index in [0.717, 1.165) is 17.8 Å². The van der Waals surface area contributed by atoms with E-state index < -0.39 is 0 Å². The van der Waals surface area contributed by atoms with Crippen LogP contribution < -0.4 is 0 Å². The summed E-state index contributed by atoms with van der Waals surface area (Å²) >= 11 is 0. The van der Waals surface area contributed by atoms with E-state index in [4.69, 9.17) is 0 Å². The summed E-state index contributed by atoms with van der Waals surface area (Å²) in [6.07, 6.45) is 1.37. The van der Waals surface area contributed by atoms with Gasteiger partial charge in [0.05, 0.1) is 0 Å². The zero-order valence-electron chi connectivity index (χ0n) is 7.44. The first-order valence-corrected chi connectivity index (χ1v) is 4.04. The smallest absolute Gasteiger partial charge is 0.0417 e. The van der Waals surface area contributed by atoms with E-state index in [1.165, 1.54) is 6.42 Å². The van der Waals surface area contributed by atoms with Crippen LogP contribution in [0.25, 0.3) is 0 Å². The molecule has 10 heavy (non-hydrogen) atoms. The zero-order valence-corrected chi connectivity index (χ0v) is 7.44. The van der Waals surface area contributed by atoms with Gasteiger partial charge in [-0.2, -0.15) is 0 Å². The van der Waals surface area contributed by atoms with Crippen molar-refractivity contribution in [1.29, 1.82) is 0 Å². The minimum absolute atomic E-state index is 0. The van der Waals surface area contributed by atoms with Crippen LogP contribution in [0.3, 0.4) is 0 Å². The van der Waals surface area contributed by atoms with E-state index in [1.54, 1.807) is 0 Å². The first-order valence-electron chi connectivity index (χ1n) is 4.04. The van der Waals surface area contributed by atoms with E-state index >= 15 is 0 Å². The molecule has 0 rings (SSSR count). The summed E-state index contributed by atoms with van der Waals surface area (Å²) in [5, 5.41) is 0. The third-order valence-corrected chi connectivity index (χ3v) is 1.98.